The molecule has 0 N–H and O–H groups in total. The van der Waals surface area contributed by atoms with E-state index in [1.54, 1.807) is 6.08 Å². The van der Waals surface area contributed by atoms with Gasteiger partial charge in [0.1, 0.15) is 0 Å². The summed E-state index contributed by atoms with van der Waals surface area (Å²) in [4.78, 5) is 11.5. The molecular weight excluding hydrogens is 184 g/mol. The fourth-order valence-corrected chi connectivity index (χ4v) is 1.61. The predicted octanol–water partition coefficient (Wildman–Crippen LogP) is 3.68. The molecule has 0 radical (unpaired) electrons. The third-order valence-electron chi connectivity index (χ3n) is 2.61. The van der Waals surface area contributed by atoms with Crippen LogP contribution in [-0.2, 0) is 4.79 Å². The topological polar surface area (TPSA) is 17.1 Å². The quantitative estimate of drug-likeness (QED) is 0.588. The van der Waals surface area contributed by atoms with Gasteiger partial charge in [0.15, 0.2) is 5.78 Å². The van der Waals surface area contributed by atoms with Gasteiger partial charge in [-0.3, -0.25) is 4.79 Å². The first-order valence-electron chi connectivity index (χ1n) is 5.73. The van der Waals surface area contributed by atoms with Crippen molar-refractivity contribution in [3.05, 3.63) is 36.5 Å². The van der Waals surface area contributed by atoms with Gasteiger partial charge in [-0.25, -0.2) is 0 Å². The van der Waals surface area contributed by atoms with Gasteiger partial charge in [0, 0.05) is 6.42 Å². The van der Waals surface area contributed by atoms with Gasteiger partial charge in [0.05, 0.1) is 0 Å². The van der Waals surface area contributed by atoms with Gasteiger partial charge < -0.3 is 0 Å². The van der Waals surface area contributed by atoms with Crippen LogP contribution in [0.4, 0.5) is 0 Å². The summed E-state index contributed by atoms with van der Waals surface area (Å²) in [5.74, 6) is 1.07. The SMILES string of the molecule is CC1/C=C\C(=O)C[C@H](C)/C=C\C=C\CC1. The summed E-state index contributed by atoms with van der Waals surface area (Å²) in [7, 11) is 0. The number of carbonyl (C=O) groups excluding carboxylic acids is 1. The van der Waals surface area contributed by atoms with E-state index in [1.165, 1.54) is 0 Å². The van der Waals surface area contributed by atoms with Crippen LogP contribution >= 0.6 is 0 Å². The molecule has 0 aromatic rings. The molecule has 0 saturated heterocycles. The third kappa shape index (κ3) is 5.36. The Morgan fingerprint density at radius 3 is 2.73 bits per heavy atom. The van der Waals surface area contributed by atoms with Gasteiger partial charge in [-0.1, -0.05) is 44.2 Å². The molecule has 1 unspecified atom stereocenters. The van der Waals surface area contributed by atoms with Crippen molar-refractivity contribution in [2.24, 2.45) is 11.8 Å². The molecule has 0 saturated carbocycles. The summed E-state index contributed by atoms with van der Waals surface area (Å²) in [6.45, 7) is 4.23. The Morgan fingerprint density at radius 1 is 1.13 bits per heavy atom. The Kier molecular flexibility index (Phi) is 5.09. The molecule has 0 heterocycles. The number of allylic oxidation sites excluding steroid dienone is 6. The molecule has 2 atom stereocenters. The van der Waals surface area contributed by atoms with E-state index in [9.17, 15) is 4.79 Å². The van der Waals surface area contributed by atoms with Crippen LogP contribution in [0.3, 0.4) is 0 Å². The van der Waals surface area contributed by atoms with E-state index >= 15 is 0 Å². The minimum absolute atomic E-state index is 0.239. The molecule has 0 bridgehead atoms. The van der Waals surface area contributed by atoms with Crippen molar-refractivity contribution in [3.63, 3.8) is 0 Å². The van der Waals surface area contributed by atoms with Gasteiger partial charge in [-0.15, -0.1) is 0 Å². The van der Waals surface area contributed by atoms with Crippen LogP contribution < -0.4 is 0 Å². The third-order valence-corrected chi connectivity index (χ3v) is 2.61. The van der Waals surface area contributed by atoms with Crippen molar-refractivity contribution in [2.45, 2.75) is 33.1 Å². The number of hydrogen-bond acceptors (Lipinski definition) is 1. The molecule has 0 aromatic carbocycles. The second-order valence-corrected chi connectivity index (χ2v) is 4.37. The van der Waals surface area contributed by atoms with Crippen LogP contribution in [0, 0.1) is 11.8 Å². The number of ketones is 1. The van der Waals surface area contributed by atoms with Crippen molar-refractivity contribution in [1.82, 2.24) is 0 Å². The highest BCUT2D eigenvalue weighted by molar-refractivity contribution is 5.89. The Bertz CT molecular complexity index is 284. The van der Waals surface area contributed by atoms with Gasteiger partial charge in [-0.05, 0) is 30.8 Å². The molecule has 0 amide bonds. The molecule has 0 aliphatic heterocycles. The maximum absolute atomic E-state index is 11.5. The molecule has 1 rings (SSSR count). The average molecular weight is 204 g/mol. The van der Waals surface area contributed by atoms with Crippen LogP contribution in [0.5, 0.6) is 0 Å². The van der Waals surface area contributed by atoms with E-state index in [1.807, 2.05) is 12.2 Å². The smallest absolute Gasteiger partial charge is 0.155 e. The van der Waals surface area contributed by atoms with Gasteiger partial charge in [-0.2, -0.15) is 0 Å². The van der Waals surface area contributed by atoms with Crippen molar-refractivity contribution < 1.29 is 4.79 Å². The Hall–Kier alpha value is -1.11. The second kappa shape index (κ2) is 6.39. The van der Waals surface area contributed by atoms with Crippen molar-refractivity contribution in [3.8, 4) is 0 Å². The van der Waals surface area contributed by atoms with E-state index < -0.39 is 0 Å². The molecule has 1 heteroatoms. The van der Waals surface area contributed by atoms with Crippen LogP contribution in [0.1, 0.15) is 33.1 Å². The lowest BCUT2D eigenvalue weighted by Crippen LogP contribution is -2.01. The predicted molar refractivity (Wildman–Crippen MR) is 64.6 cm³/mol. The lowest BCUT2D eigenvalue weighted by atomic mass is 10.00. The van der Waals surface area contributed by atoms with Gasteiger partial charge >= 0.3 is 0 Å². The summed E-state index contributed by atoms with van der Waals surface area (Å²) < 4.78 is 0. The van der Waals surface area contributed by atoms with Crippen LogP contribution in [-0.4, -0.2) is 5.78 Å². The molecular formula is C14H20O. The zero-order valence-electron chi connectivity index (χ0n) is 9.65. The highest BCUT2D eigenvalue weighted by atomic mass is 16.1. The van der Waals surface area contributed by atoms with E-state index in [0.717, 1.165) is 12.8 Å². The normalized spacial score (nSPS) is 34.9. The van der Waals surface area contributed by atoms with E-state index in [4.69, 9.17) is 0 Å². The number of carbonyl (C=O) groups is 1. The van der Waals surface area contributed by atoms with E-state index in [-0.39, 0.29) is 5.78 Å². The molecule has 1 aliphatic carbocycles. The summed E-state index contributed by atoms with van der Waals surface area (Å²) >= 11 is 0. The highest BCUT2D eigenvalue weighted by Gasteiger charge is 2.04. The zero-order valence-corrected chi connectivity index (χ0v) is 9.65. The zero-order chi connectivity index (χ0) is 11.1. The van der Waals surface area contributed by atoms with Crippen LogP contribution in [0.25, 0.3) is 0 Å². The fraction of sp³-hybridized carbons (Fsp3) is 0.500. The summed E-state index contributed by atoms with van der Waals surface area (Å²) in [6.07, 6.45) is 15.0. The van der Waals surface area contributed by atoms with Crippen molar-refractivity contribution >= 4 is 5.78 Å². The lowest BCUT2D eigenvalue weighted by Gasteiger charge is -2.05. The summed E-state index contributed by atoms with van der Waals surface area (Å²) in [5, 5.41) is 0. The number of hydrogen-bond donors (Lipinski definition) is 0. The summed E-state index contributed by atoms with van der Waals surface area (Å²) in [5.41, 5.74) is 0. The van der Waals surface area contributed by atoms with Gasteiger partial charge in [0.25, 0.3) is 0 Å². The molecule has 0 spiro atoms. The Balaban J connectivity index is 2.66. The highest BCUT2D eigenvalue weighted by Crippen LogP contribution is 2.11. The first-order chi connectivity index (χ1) is 7.18. The van der Waals surface area contributed by atoms with Crippen molar-refractivity contribution in [1.29, 1.82) is 0 Å². The summed E-state index contributed by atoms with van der Waals surface area (Å²) in [6, 6.07) is 0. The first kappa shape index (κ1) is 12.0. The maximum Gasteiger partial charge on any atom is 0.155 e. The van der Waals surface area contributed by atoms with Crippen molar-refractivity contribution in [2.75, 3.05) is 0 Å². The fourth-order valence-electron chi connectivity index (χ4n) is 1.61. The second-order valence-electron chi connectivity index (χ2n) is 4.37. The van der Waals surface area contributed by atoms with Crippen LogP contribution in [0.15, 0.2) is 36.5 Å². The molecule has 1 aliphatic rings. The largest absolute Gasteiger partial charge is 0.295 e. The monoisotopic (exact) mass is 204 g/mol. The maximum atomic E-state index is 11.5. The Morgan fingerprint density at radius 2 is 1.93 bits per heavy atom. The van der Waals surface area contributed by atoms with Gasteiger partial charge in [0.2, 0.25) is 0 Å². The molecule has 0 fully saturated rings. The molecule has 1 nitrogen and oxygen atoms in total. The standard InChI is InChI=1S/C14H20O/c1-12-7-5-3-4-6-8-13(2)11-14(15)10-9-12/h3-4,6,8-10,12-13H,5,7,11H2,1-2H3/b4-3+,8-6-,10-9-/t12?,13-/m1/s1. The molecule has 0 aromatic heterocycles. The average Bonchev–Trinajstić information content (AvgIpc) is 2.18. The van der Waals surface area contributed by atoms with Crippen LogP contribution in [0.2, 0.25) is 0 Å². The minimum atomic E-state index is 0.239. The van der Waals surface area contributed by atoms with E-state index in [2.05, 4.69) is 32.1 Å². The minimum Gasteiger partial charge on any atom is -0.295 e. The lowest BCUT2D eigenvalue weighted by molar-refractivity contribution is -0.115. The molecule has 82 valence electrons. The first-order valence-corrected chi connectivity index (χ1v) is 5.73. The van der Waals surface area contributed by atoms with E-state index in [0.29, 0.717) is 18.3 Å². The number of rotatable bonds is 0. The molecule has 15 heavy (non-hydrogen) atoms. The Labute approximate surface area is 92.6 Å².